The number of carbonyl (C=O) groups is 1. The van der Waals surface area contributed by atoms with E-state index in [0.29, 0.717) is 6.54 Å². The minimum atomic E-state index is -0.0716. The van der Waals surface area contributed by atoms with Gasteiger partial charge in [0.1, 0.15) is 0 Å². The Balaban J connectivity index is 1.54. The van der Waals surface area contributed by atoms with Gasteiger partial charge in [-0.05, 0) is 48.0 Å². The number of piperidine rings is 1. The van der Waals surface area contributed by atoms with Gasteiger partial charge in [0.25, 0.3) is 0 Å². The fourth-order valence-corrected chi connectivity index (χ4v) is 4.20. The molecule has 0 saturated carbocycles. The lowest BCUT2D eigenvalue weighted by Crippen LogP contribution is -2.41. The Hall–Kier alpha value is -2.18. The van der Waals surface area contributed by atoms with Gasteiger partial charge >= 0.3 is 0 Å². The number of amides is 1. The van der Waals surface area contributed by atoms with Gasteiger partial charge < -0.3 is 10.2 Å². The van der Waals surface area contributed by atoms with Crippen LogP contribution in [0.1, 0.15) is 12.8 Å². The molecule has 128 valence electrons. The first-order valence-corrected chi connectivity index (χ1v) is 9.48. The fraction of sp³-hybridized carbons (Fsp3) is 0.278. The van der Waals surface area contributed by atoms with E-state index in [1.807, 2.05) is 41.8 Å². The lowest BCUT2D eigenvalue weighted by atomic mass is 9.97. The molecule has 1 atom stereocenters. The van der Waals surface area contributed by atoms with E-state index >= 15 is 0 Å². The summed E-state index contributed by atoms with van der Waals surface area (Å²) < 4.78 is 1.02. The predicted molar refractivity (Wildman–Crippen MR) is 102 cm³/mol. The molecule has 1 saturated heterocycles. The van der Waals surface area contributed by atoms with Gasteiger partial charge in [-0.1, -0.05) is 18.2 Å². The van der Waals surface area contributed by atoms with E-state index in [-0.39, 0.29) is 17.1 Å². The molecule has 1 unspecified atom stereocenters. The molecule has 0 spiro atoms. The van der Waals surface area contributed by atoms with E-state index in [4.69, 9.17) is 11.6 Å². The van der Waals surface area contributed by atoms with Crippen molar-refractivity contribution in [3.63, 3.8) is 0 Å². The number of anilines is 2. The number of carbonyl (C=O) groups excluding carboxylic acids is 1. The number of hydrogen-bond acceptors (Lipinski definition) is 5. The maximum atomic E-state index is 12.6. The number of hydrogen-bond donors (Lipinski definition) is 1. The van der Waals surface area contributed by atoms with Crippen molar-refractivity contribution in [1.29, 1.82) is 0 Å². The van der Waals surface area contributed by atoms with Gasteiger partial charge in [0, 0.05) is 18.8 Å². The first-order chi connectivity index (χ1) is 12.2. The lowest BCUT2D eigenvalue weighted by molar-refractivity contribution is -0.120. The highest BCUT2D eigenvalue weighted by Crippen LogP contribution is 2.32. The Morgan fingerprint density at radius 2 is 2.08 bits per heavy atom. The molecule has 0 radical (unpaired) electrons. The molecule has 1 aliphatic rings. The van der Waals surface area contributed by atoms with E-state index in [0.717, 1.165) is 41.1 Å². The van der Waals surface area contributed by atoms with Gasteiger partial charge in [0.15, 0.2) is 5.82 Å². The maximum Gasteiger partial charge on any atom is 0.229 e. The third-order valence-corrected chi connectivity index (χ3v) is 5.46. The van der Waals surface area contributed by atoms with Crippen LogP contribution >= 0.6 is 22.9 Å². The van der Waals surface area contributed by atoms with Crippen molar-refractivity contribution >= 4 is 50.6 Å². The van der Waals surface area contributed by atoms with Crippen LogP contribution in [0.3, 0.4) is 0 Å². The summed E-state index contributed by atoms with van der Waals surface area (Å²) in [6.45, 7) is 1.51. The number of benzene rings is 1. The zero-order chi connectivity index (χ0) is 17.2. The van der Waals surface area contributed by atoms with Crippen molar-refractivity contribution in [2.75, 3.05) is 23.3 Å². The van der Waals surface area contributed by atoms with Gasteiger partial charge in [0.05, 0.1) is 16.1 Å². The summed E-state index contributed by atoms with van der Waals surface area (Å²) in [5, 5.41) is 5.24. The summed E-state index contributed by atoms with van der Waals surface area (Å²) in [7, 11) is 0. The summed E-state index contributed by atoms with van der Waals surface area (Å²) >= 11 is 7.69. The van der Waals surface area contributed by atoms with Crippen LogP contribution in [0.15, 0.2) is 41.8 Å². The molecular weight excluding hydrogens is 356 g/mol. The first-order valence-electron chi connectivity index (χ1n) is 8.22. The average molecular weight is 373 g/mol. The number of para-hydroxylation sites is 1. The van der Waals surface area contributed by atoms with Gasteiger partial charge in [-0.15, -0.1) is 11.3 Å². The highest BCUT2D eigenvalue weighted by atomic mass is 35.5. The molecular formula is C18H17ClN4OS. The second kappa shape index (κ2) is 6.98. The standard InChI is InChI=1S/C18H17ClN4OS/c19-18-21-14-8-10-25-15(14)16(22-18)23-9-4-5-12(11-23)17(24)20-13-6-2-1-3-7-13/h1-3,6-8,10,12H,4-5,9,11H2,(H,20,24). The molecule has 0 bridgehead atoms. The number of rotatable bonds is 3. The smallest absolute Gasteiger partial charge is 0.229 e. The van der Waals surface area contributed by atoms with Crippen molar-refractivity contribution in [1.82, 2.24) is 9.97 Å². The maximum absolute atomic E-state index is 12.6. The molecule has 25 heavy (non-hydrogen) atoms. The molecule has 4 rings (SSSR count). The molecule has 0 aliphatic carbocycles. The zero-order valence-corrected chi connectivity index (χ0v) is 15.1. The second-order valence-corrected chi connectivity index (χ2v) is 7.35. The van der Waals surface area contributed by atoms with E-state index in [9.17, 15) is 4.79 Å². The molecule has 1 aromatic carbocycles. The third kappa shape index (κ3) is 3.45. The number of thiophene rings is 1. The molecule has 1 fully saturated rings. The van der Waals surface area contributed by atoms with Crippen LogP contribution < -0.4 is 10.2 Å². The largest absolute Gasteiger partial charge is 0.354 e. The van der Waals surface area contributed by atoms with Crippen molar-refractivity contribution in [3.05, 3.63) is 47.1 Å². The molecule has 7 heteroatoms. The third-order valence-electron chi connectivity index (χ3n) is 4.39. The average Bonchev–Trinajstić information content (AvgIpc) is 3.10. The Bertz CT molecular complexity index is 898. The number of halogens is 1. The second-order valence-electron chi connectivity index (χ2n) is 6.09. The van der Waals surface area contributed by atoms with Crippen LogP contribution in [-0.2, 0) is 4.79 Å². The van der Waals surface area contributed by atoms with Gasteiger partial charge in [-0.2, -0.15) is 4.98 Å². The SMILES string of the molecule is O=C(Nc1ccccc1)C1CCCN(c2nc(Cl)nc3ccsc23)C1. The quantitative estimate of drug-likeness (QED) is 0.700. The summed E-state index contributed by atoms with van der Waals surface area (Å²) in [6.07, 6.45) is 1.82. The van der Waals surface area contributed by atoms with E-state index in [2.05, 4.69) is 20.2 Å². The number of nitrogens with zero attached hydrogens (tertiary/aromatic N) is 3. The zero-order valence-electron chi connectivity index (χ0n) is 13.5. The van der Waals surface area contributed by atoms with Gasteiger partial charge in [-0.25, -0.2) is 4.98 Å². The molecule has 3 aromatic rings. The van der Waals surface area contributed by atoms with Gasteiger partial charge in [0.2, 0.25) is 11.2 Å². The Morgan fingerprint density at radius 3 is 2.92 bits per heavy atom. The van der Waals surface area contributed by atoms with Crippen LogP contribution in [0.2, 0.25) is 5.28 Å². The number of fused-ring (bicyclic) bond motifs is 1. The summed E-state index contributed by atoms with van der Waals surface area (Å²) in [5.74, 6) is 0.818. The van der Waals surface area contributed by atoms with E-state index in [1.165, 1.54) is 0 Å². The van der Waals surface area contributed by atoms with Crippen LogP contribution in [0, 0.1) is 5.92 Å². The van der Waals surface area contributed by atoms with Crippen LogP contribution in [0.5, 0.6) is 0 Å². The highest BCUT2D eigenvalue weighted by Gasteiger charge is 2.28. The molecule has 5 nitrogen and oxygen atoms in total. The van der Waals surface area contributed by atoms with Crippen molar-refractivity contribution < 1.29 is 4.79 Å². The summed E-state index contributed by atoms with van der Waals surface area (Å²) in [4.78, 5) is 23.5. The molecule has 1 aliphatic heterocycles. The molecule has 3 heterocycles. The first kappa shape index (κ1) is 16.3. The Morgan fingerprint density at radius 1 is 1.24 bits per heavy atom. The molecule has 1 amide bonds. The van der Waals surface area contributed by atoms with E-state index < -0.39 is 0 Å². The topological polar surface area (TPSA) is 58.1 Å². The molecule has 1 N–H and O–H groups in total. The van der Waals surface area contributed by atoms with Crippen LogP contribution in [0.4, 0.5) is 11.5 Å². The summed E-state index contributed by atoms with van der Waals surface area (Å²) in [5.41, 5.74) is 1.69. The molecule has 2 aromatic heterocycles. The normalized spacial score (nSPS) is 17.6. The number of nitrogens with one attached hydrogen (secondary N) is 1. The monoisotopic (exact) mass is 372 g/mol. The number of aromatic nitrogens is 2. The lowest BCUT2D eigenvalue weighted by Gasteiger charge is -2.33. The van der Waals surface area contributed by atoms with Crippen molar-refractivity contribution in [2.45, 2.75) is 12.8 Å². The van der Waals surface area contributed by atoms with Crippen LogP contribution in [0.25, 0.3) is 10.2 Å². The minimum absolute atomic E-state index is 0.0541. The highest BCUT2D eigenvalue weighted by molar-refractivity contribution is 7.17. The predicted octanol–water partition coefficient (Wildman–Crippen LogP) is 4.20. The van der Waals surface area contributed by atoms with Gasteiger partial charge in [-0.3, -0.25) is 4.79 Å². The van der Waals surface area contributed by atoms with Crippen molar-refractivity contribution in [2.24, 2.45) is 5.92 Å². The minimum Gasteiger partial charge on any atom is -0.354 e. The van der Waals surface area contributed by atoms with E-state index in [1.54, 1.807) is 11.3 Å². The van der Waals surface area contributed by atoms with Crippen LogP contribution in [-0.4, -0.2) is 29.0 Å². The fourth-order valence-electron chi connectivity index (χ4n) is 3.18. The van der Waals surface area contributed by atoms with Crippen molar-refractivity contribution in [3.8, 4) is 0 Å². The Labute approximate surface area is 154 Å². The Kier molecular flexibility index (Phi) is 4.55. The summed E-state index contributed by atoms with van der Waals surface area (Å²) in [6, 6.07) is 11.5.